The lowest BCUT2D eigenvalue weighted by atomic mass is 9.62. The maximum Gasteiger partial charge on any atom is 0.407 e. The van der Waals surface area contributed by atoms with Crippen molar-refractivity contribution < 1.29 is 29.0 Å². The molecule has 1 fully saturated rings. The fraction of sp³-hybridized carbons (Fsp3) is 0.609. The maximum absolute atomic E-state index is 12.3. The van der Waals surface area contributed by atoms with E-state index >= 15 is 0 Å². The Balaban J connectivity index is 1.81. The fourth-order valence-electron chi connectivity index (χ4n) is 4.59. The number of benzene rings is 1. The molecule has 3 amide bonds. The minimum atomic E-state index is -1.07. The number of nitrogens with one attached hydrogen (secondary N) is 2. The number of rotatable bonds is 9. The molecule has 9 heteroatoms. The van der Waals surface area contributed by atoms with Gasteiger partial charge in [-0.15, -0.1) is 0 Å². The molecule has 0 heterocycles. The lowest BCUT2D eigenvalue weighted by Gasteiger charge is -2.46. The molecular weight excluding hydrogens is 414 g/mol. The molecule has 1 aliphatic carbocycles. The first-order valence-corrected chi connectivity index (χ1v) is 10.8. The molecular formula is C23H35N3O6. The number of para-hydroxylation sites is 1. The number of urea groups is 1. The summed E-state index contributed by atoms with van der Waals surface area (Å²) >= 11 is 0. The molecule has 2 unspecified atom stereocenters. The molecule has 178 valence electrons. The number of carbonyl (C=O) groups is 3. The number of ether oxygens (including phenoxy) is 2. The van der Waals surface area contributed by atoms with E-state index in [0.29, 0.717) is 13.0 Å². The van der Waals surface area contributed by atoms with Crippen LogP contribution < -0.4 is 15.4 Å². The Bertz CT molecular complexity index is 785. The van der Waals surface area contributed by atoms with Crippen molar-refractivity contribution in [2.45, 2.75) is 46.1 Å². The zero-order chi connectivity index (χ0) is 23.8. The smallest absolute Gasteiger partial charge is 0.407 e. The lowest BCUT2D eigenvalue weighted by Crippen LogP contribution is -2.51. The average molecular weight is 450 g/mol. The second-order valence-electron chi connectivity index (χ2n) is 9.61. The zero-order valence-electron chi connectivity index (χ0n) is 19.3. The number of carboxylic acids is 1. The summed E-state index contributed by atoms with van der Waals surface area (Å²) in [5, 5.41) is 14.6. The molecule has 0 bridgehead atoms. The van der Waals surface area contributed by atoms with Gasteiger partial charge in [0.1, 0.15) is 25.5 Å². The monoisotopic (exact) mass is 449 g/mol. The first-order chi connectivity index (χ1) is 15.0. The Morgan fingerprint density at radius 2 is 1.81 bits per heavy atom. The third-order valence-corrected chi connectivity index (χ3v) is 5.48. The first kappa shape index (κ1) is 25.3. The molecule has 0 radical (unpaired) electrons. The highest BCUT2D eigenvalue weighted by atomic mass is 16.6. The molecule has 0 saturated heterocycles. The number of carboxylic acid groups (broad SMARTS) is 1. The van der Waals surface area contributed by atoms with Crippen molar-refractivity contribution in [1.82, 2.24) is 15.5 Å². The van der Waals surface area contributed by atoms with Crippen LogP contribution in [0.15, 0.2) is 30.3 Å². The van der Waals surface area contributed by atoms with Crippen LogP contribution in [0.2, 0.25) is 0 Å². The number of aliphatic carboxylic acids is 1. The summed E-state index contributed by atoms with van der Waals surface area (Å²) in [4.78, 5) is 36.4. The quantitative estimate of drug-likeness (QED) is 0.499. The average Bonchev–Trinajstić information content (AvgIpc) is 2.68. The third kappa shape index (κ3) is 8.64. The largest absolute Gasteiger partial charge is 0.490 e. The third-order valence-electron chi connectivity index (χ3n) is 5.48. The summed E-state index contributed by atoms with van der Waals surface area (Å²) in [5.74, 6) is -0.345. The van der Waals surface area contributed by atoms with E-state index in [1.165, 1.54) is 7.05 Å². The number of hydrogen-bond donors (Lipinski definition) is 3. The van der Waals surface area contributed by atoms with Gasteiger partial charge < -0.3 is 30.1 Å². The molecule has 32 heavy (non-hydrogen) atoms. The van der Waals surface area contributed by atoms with Crippen LogP contribution in [0.5, 0.6) is 5.75 Å². The molecule has 0 aromatic heterocycles. The summed E-state index contributed by atoms with van der Waals surface area (Å²) in [7, 11) is 1.44. The van der Waals surface area contributed by atoms with E-state index < -0.39 is 18.1 Å². The summed E-state index contributed by atoms with van der Waals surface area (Å²) < 4.78 is 10.8. The van der Waals surface area contributed by atoms with Crippen LogP contribution in [0, 0.1) is 10.8 Å². The molecule has 3 N–H and O–H groups in total. The Hall–Kier alpha value is -2.97. The fourth-order valence-corrected chi connectivity index (χ4v) is 4.59. The van der Waals surface area contributed by atoms with Gasteiger partial charge in [-0.25, -0.2) is 9.59 Å². The zero-order valence-corrected chi connectivity index (χ0v) is 19.3. The van der Waals surface area contributed by atoms with Gasteiger partial charge in [-0.05, 0) is 42.2 Å². The topological polar surface area (TPSA) is 117 Å². The van der Waals surface area contributed by atoms with Crippen LogP contribution in [-0.2, 0) is 9.53 Å². The number of alkyl carbamates (subject to hydrolysis) is 1. The van der Waals surface area contributed by atoms with E-state index in [2.05, 4.69) is 31.4 Å². The summed E-state index contributed by atoms with van der Waals surface area (Å²) in [5.41, 5.74) is -0.297. The van der Waals surface area contributed by atoms with Gasteiger partial charge in [0.15, 0.2) is 0 Å². The highest BCUT2D eigenvalue weighted by molar-refractivity contribution is 5.79. The molecule has 9 nitrogen and oxygen atoms in total. The van der Waals surface area contributed by atoms with E-state index in [9.17, 15) is 14.4 Å². The number of carbonyl (C=O) groups excluding carboxylic acids is 2. The molecule has 2 rings (SSSR count). The van der Waals surface area contributed by atoms with E-state index in [1.807, 2.05) is 30.3 Å². The van der Waals surface area contributed by atoms with E-state index in [-0.39, 0.29) is 36.6 Å². The highest BCUT2D eigenvalue weighted by Crippen LogP contribution is 2.45. The molecule has 0 aliphatic heterocycles. The van der Waals surface area contributed by atoms with Crippen LogP contribution in [0.3, 0.4) is 0 Å². The van der Waals surface area contributed by atoms with Gasteiger partial charge in [0.05, 0.1) is 0 Å². The molecule has 1 aromatic rings. The Morgan fingerprint density at radius 1 is 1.12 bits per heavy atom. The number of nitrogens with zero attached hydrogens (tertiary/aromatic N) is 1. The van der Waals surface area contributed by atoms with E-state index in [4.69, 9.17) is 14.6 Å². The molecule has 2 atom stereocenters. The van der Waals surface area contributed by atoms with Crippen molar-refractivity contribution in [1.29, 1.82) is 0 Å². The predicted octanol–water partition coefficient (Wildman–Crippen LogP) is 3.10. The second kappa shape index (κ2) is 11.1. The summed E-state index contributed by atoms with van der Waals surface area (Å²) in [6.07, 6.45) is 1.85. The second-order valence-corrected chi connectivity index (χ2v) is 9.61. The Kier molecular flexibility index (Phi) is 8.74. The van der Waals surface area contributed by atoms with Crippen LogP contribution in [0.4, 0.5) is 9.59 Å². The maximum atomic E-state index is 12.3. The van der Waals surface area contributed by atoms with Crippen LogP contribution >= 0.6 is 0 Å². The van der Waals surface area contributed by atoms with Gasteiger partial charge >= 0.3 is 18.1 Å². The summed E-state index contributed by atoms with van der Waals surface area (Å²) in [6, 6.07) is 8.79. The van der Waals surface area contributed by atoms with Gasteiger partial charge in [-0.3, -0.25) is 4.79 Å². The minimum Gasteiger partial charge on any atom is -0.490 e. The van der Waals surface area contributed by atoms with Gasteiger partial charge in [0.2, 0.25) is 0 Å². The lowest BCUT2D eigenvalue weighted by molar-refractivity contribution is -0.137. The standard InChI is InChI=1S/C23H35N3O6/c1-22(2)12-17(25-21(30)32-11-10-31-18-8-6-5-7-9-18)13-23(3,15-22)16-24-20(29)26(4)14-19(27)28/h5-9,17H,10-16H2,1-4H3,(H,24,29)(H,25,30)(H,27,28). The minimum absolute atomic E-state index is 0.0426. The number of hydrogen-bond acceptors (Lipinski definition) is 5. The van der Waals surface area contributed by atoms with Crippen molar-refractivity contribution in [2.75, 3.05) is 33.4 Å². The Morgan fingerprint density at radius 3 is 2.47 bits per heavy atom. The van der Waals surface area contributed by atoms with Crippen LogP contribution in [0.1, 0.15) is 40.0 Å². The van der Waals surface area contributed by atoms with Gasteiger partial charge in [0, 0.05) is 19.6 Å². The SMILES string of the molecule is CN(CC(=O)O)C(=O)NCC1(C)CC(NC(=O)OCCOc2ccccc2)CC(C)(C)C1. The van der Waals surface area contributed by atoms with Crippen molar-refractivity contribution in [3.63, 3.8) is 0 Å². The van der Waals surface area contributed by atoms with Crippen LogP contribution in [0.25, 0.3) is 0 Å². The predicted molar refractivity (Wildman–Crippen MR) is 120 cm³/mol. The van der Waals surface area contributed by atoms with Gasteiger partial charge in [-0.2, -0.15) is 0 Å². The molecule has 1 aliphatic rings. The van der Waals surface area contributed by atoms with Crippen LogP contribution in [-0.4, -0.2) is 67.5 Å². The van der Waals surface area contributed by atoms with Gasteiger partial charge in [-0.1, -0.05) is 39.0 Å². The van der Waals surface area contributed by atoms with E-state index in [0.717, 1.165) is 23.5 Å². The van der Waals surface area contributed by atoms with E-state index in [1.54, 1.807) is 0 Å². The van der Waals surface area contributed by atoms with Crippen molar-refractivity contribution in [3.8, 4) is 5.75 Å². The molecule has 1 aromatic carbocycles. The van der Waals surface area contributed by atoms with Crippen molar-refractivity contribution in [2.24, 2.45) is 10.8 Å². The first-order valence-electron chi connectivity index (χ1n) is 10.8. The summed E-state index contributed by atoms with van der Waals surface area (Å²) in [6.45, 7) is 6.77. The highest BCUT2D eigenvalue weighted by Gasteiger charge is 2.42. The number of amides is 3. The Labute approximate surface area is 189 Å². The number of likely N-dealkylation sites (N-methyl/N-ethyl adjacent to an activating group) is 1. The molecule has 0 spiro atoms. The van der Waals surface area contributed by atoms with Gasteiger partial charge in [0.25, 0.3) is 0 Å². The normalized spacial score (nSPS) is 21.8. The molecule has 1 saturated carbocycles. The van der Waals surface area contributed by atoms with Crippen molar-refractivity contribution in [3.05, 3.63) is 30.3 Å². The van der Waals surface area contributed by atoms with Crippen molar-refractivity contribution >= 4 is 18.1 Å².